The zero-order valence-corrected chi connectivity index (χ0v) is 12.2. The topological polar surface area (TPSA) is 46.9 Å². The molecule has 1 aromatic heterocycles. The number of hydrogen-bond donors (Lipinski definition) is 1. The van der Waals surface area contributed by atoms with Crippen LogP contribution in [0.1, 0.15) is 36.8 Å². The van der Waals surface area contributed by atoms with E-state index in [-0.39, 0.29) is 11.8 Å². The van der Waals surface area contributed by atoms with Gasteiger partial charge in [-0.3, -0.25) is 4.79 Å². The van der Waals surface area contributed by atoms with Crippen LogP contribution in [0.3, 0.4) is 0 Å². The fraction of sp³-hybridized carbons (Fsp3) is 0.412. The standard InChI is InChI=1S/C17H21N3O/c21-17(16-3-1-2-4-16)19-11-14-5-7-15(8-6-14)12-20-10-9-18-13-20/h5-10,13,16H,1-4,11-12H2,(H,19,21). The van der Waals surface area contributed by atoms with Gasteiger partial charge in [0.1, 0.15) is 0 Å². The van der Waals surface area contributed by atoms with Crippen LogP contribution in [0.25, 0.3) is 0 Å². The lowest BCUT2D eigenvalue weighted by atomic mass is 10.1. The van der Waals surface area contributed by atoms with E-state index in [1.165, 1.54) is 18.4 Å². The molecule has 0 saturated heterocycles. The van der Waals surface area contributed by atoms with Gasteiger partial charge < -0.3 is 9.88 Å². The van der Waals surface area contributed by atoms with Crippen LogP contribution in [0.2, 0.25) is 0 Å². The Hall–Kier alpha value is -2.10. The first-order valence-electron chi connectivity index (χ1n) is 7.62. The summed E-state index contributed by atoms with van der Waals surface area (Å²) in [6, 6.07) is 8.39. The molecule has 21 heavy (non-hydrogen) atoms. The third-order valence-corrected chi connectivity index (χ3v) is 4.14. The van der Waals surface area contributed by atoms with Gasteiger partial charge in [-0.2, -0.15) is 0 Å². The number of benzene rings is 1. The third kappa shape index (κ3) is 3.72. The SMILES string of the molecule is O=C(NCc1ccc(Cn2ccnc2)cc1)C1CCCC1. The summed E-state index contributed by atoms with van der Waals surface area (Å²) in [4.78, 5) is 16.0. The van der Waals surface area contributed by atoms with Crippen LogP contribution < -0.4 is 5.32 Å². The number of carbonyl (C=O) groups is 1. The highest BCUT2D eigenvalue weighted by Gasteiger charge is 2.21. The molecule has 1 fully saturated rings. The molecule has 1 heterocycles. The maximum absolute atomic E-state index is 12.0. The highest BCUT2D eigenvalue weighted by Crippen LogP contribution is 2.24. The van der Waals surface area contributed by atoms with Gasteiger partial charge in [0.2, 0.25) is 5.91 Å². The van der Waals surface area contributed by atoms with Crippen LogP contribution in [0.5, 0.6) is 0 Å². The predicted octanol–water partition coefficient (Wildman–Crippen LogP) is 2.74. The lowest BCUT2D eigenvalue weighted by molar-refractivity contribution is -0.124. The van der Waals surface area contributed by atoms with Crippen LogP contribution in [0, 0.1) is 5.92 Å². The van der Waals surface area contributed by atoms with Crippen LogP contribution in [-0.2, 0) is 17.9 Å². The number of imidazole rings is 1. The lowest BCUT2D eigenvalue weighted by Crippen LogP contribution is -2.28. The molecule has 1 N–H and O–H groups in total. The average molecular weight is 283 g/mol. The summed E-state index contributed by atoms with van der Waals surface area (Å²) >= 11 is 0. The van der Waals surface area contributed by atoms with Crippen molar-refractivity contribution in [2.45, 2.75) is 38.8 Å². The minimum absolute atomic E-state index is 0.218. The van der Waals surface area contributed by atoms with Crippen molar-refractivity contribution in [1.82, 2.24) is 14.9 Å². The molecule has 4 heteroatoms. The van der Waals surface area contributed by atoms with Crippen LogP contribution >= 0.6 is 0 Å². The van der Waals surface area contributed by atoms with E-state index in [2.05, 4.69) is 34.6 Å². The smallest absolute Gasteiger partial charge is 0.223 e. The molecule has 4 nitrogen and oxygen atoms in total. The minimum Gasteiger partial charge on any atom is -0.352 e. The third-order valence-electron chi connectivity index (χ3n) is 4.14. The van der Waals surface area contributed by atoms with Gasteiger partial charge >= 0.3 is 0 Å². The van der Waals surface area contributed by atoms with Crippen molar-refractivity contribution in [2.75, 3.05) is 0 Å². The van der Waals surface area contributed by atoms with E-state index in [4.69, 9.17) is 0 Å². The van der Waals surface area contributed by atoms with Crippen molar-refractivity contribution in [1.29, 1.82) is 0 Å². The second kappa shape index (κ2) is 6.57. The summed E-state index contributed by atoms with van der Waals surface area (Å²) in [5.74, 6) is 0.459. The molecular formula is C17H21N3O. The highest BCUT2D eigenvalue weighted by molar-refractivity contribution is 5.78. The molecule has 0 aliphatic heterocycles. The van der Waals surface area contributed by atoms with Gasteiger partial charge in [0.15, 0.2) is 0 Å². The molecule has 1 saturated carbocycles. The number of nitrogens with zero attached hydrogens (tertiary/aromatic N) is 2. The van der Waals surface area contributed by atoms with E-state index in [9.17, 15) is 4.79 Å². The molecule has 1 aliphatic rings. The van der Waals surface area contributed by atoms with Gasteiger partial charge in [0.05, 0.1) is 6.33 Å². The first-order valence-corrected chi connectivity index (χ1v) is 7.62. The second-order valence-electron chi connectivity index (χ2n) is 5.75. The van der Waals surface area contributed by atoms with E-state index in [1.807, 2.05) is 17.1 Å². The van der Waals surface area contributed by atoms with Crippen molar-refractivity contribution in [3.05, 3.63) is 54.1 Å². The minimum atomic E-state index is 0.218. The average Bonchev–Trinajstić information content (AvgIpc) is 3.19. The fourth-order valence-electron chi connectivity index (χ4n) is 2.88. The molecule has 0 spiro atoms. The molecule has 0 radical (unpaired) electrons. The van der Waals surface area contributed by atoms with Crippen molar-refractivity contribution in [3.63, 3.8) is 0 Å². The molecule has 3 rings (SSSR count). The number of nitrogens with one attached hydrogen (secondary N) is 1. The Morgan fingerprint density at radius 3 is 2.57 bits per heavy atom. The summed E-state index contributed by atoms with van der Waals surface area (Å²) in [5, 5.41) is 3.05. The summed E-state index contributed by atoms with van der Waals surface area (Å²) < 4.78 is 2.04. The Bertz CT molecular complexity index is 569. The van der Waals surface area contributed by atoms with Crippen LogP contribution in [0.15, 0.2) is 43.0 Å². The summed E-state index contributed by atoms with van der Waals surface area (Å²) in [6.07, 6.45) is 10.0. The zero-order chi connectivity index (χ0) is 14.5. The van der Waals surface area contributed by atoms with E-state index in [0.717, 1.165) is 24.9 Å². The molecule has 0 bridgehead atoms. The molecule has 1 aliphatic carbocycles. The molecule has 2 aromatic rings. The molecule has 0 unspecified atom stereocenters. The van der Waals surface area contributed by atoms with Gasteiger partial charge in [-0.15, -0.1) is 0 Å². The zero-order valence-electron chi connectivity index (χ0n) is 12.2. The predicted molar refractivity (Wildman–Crippen MR) is 81.6 cm³/mol. The van der Waals surface area contributed by atoms with E-state index in [1.54, 1.807) is 6.20 Å². The van der Waals surface area contributed by atoms with Gasteiger partial charge in [-0.25, -0.2) is 4.98 Å². The molecule has 0 atom stereocenters. The maximum Gasteiger partial charge on any atom is 0.223 e. The van der Waals surface area contributed by atoms with Gasteiger partial charge in [-0.05, 0) is 24.0 Å². The van der Waals surface area contributed by atoms with Crippen molar-refractivity contribution in [2.24, 2.45) is 5.92 Å². The van der Waals surface area contributed by atoms with Gasteiger partial charge in [0, 0.05) is 31.4 Å². The monoisotopic (exact) mass is 283 g/mol. The number of hydrogen-bond acceptors (Lipinski definition) is 2. The Kier molecular flexibility index (Phi) is 4.34. The van der Waals surface area contributed by atoms with Gasteiger partial charge in [0.25, 0.3) is 0 Å². The summed E-state index contributed by atoms with van der Waals surface area (Å²) in [6.45, 7) is 1.45. The van der Waals surface area contributed by atoms with Crippen molar-refractivity contribution >= 4 is 5.91 Å². The highest BCUT2D eigenvalue weighted by atomic mass is 16.1. The Balaban J connectivity index is 1.51. The van der Waals surface area contributed by atoms with E-state index >= 15 is 0 Å². The fourth-order valence-corrected chi connectivity index (χ4v) is 2.88. The normalized spacial score (nSPS) is 15.2. The molecular weight excluding hydrogens is 262 g/mol. The number of aromatic nitrogens is 2. The van der Waals surface area contributed by atoms with Crippen LogP contribution in [-0.4, -0.2) is 15.5 Å². The first kappa shape index (κ1) is 13.9. The molecule has 110 valence electrons. The second-order valence-corrected chi connectivity index (χ2v) is 5.75. The van der Waals surface area contributed by atoms with E-state index in [0.29, 0.717) is 6.54 Å². The summed E-state index contributed by atoms with van der Waals surface area (Å²) in [7, 11) is 0. The van der Waals surface area contributed by atoms with Crippen LogP contribution in [0.4, 0.5) is 0 Å². The number of carbonyl (C=O) groups excluding carboxylic acids is 1. The Morgan fingerprint density at radius 2 is 1.90 bits per heavy atom. The first-order chi connectivity index (χ1) is 10.3. The van der Waals surface area contributed by atoms with E-state index < -0.39 is 0 Å². The number of rotatable bonds is 5. The quantitative estimate of drug-likeness (QED) is 0.917. The Labute approximate surface area is 125 Å². The van der Waals surface area contributed by atoms with Gasteiger partial charge in [-0.1, -0.05) is 37.1 Å². The van der Waals surface area contributed by atoms with Crippen molar-refractivity contribution in [3.8, 4) is 0 Å². The number of amides is 1. The van der Waals surface area contributed by atoms with Crippen molar-refractivity contribution < 1.29 is 4.79 Å². The lowest BCUT2D eigenvalue weighted by Gasteiger charge is -2.10. The molecule has 1 aromatic carbocycles. The summed E-state index contributed by atoms with van der Waals surface area (Å²) in [5.41, 5.74) is 2.38. The maximum atomic E-state index is 12.0. The largest absolute Gasteiger partial charge is 0.352 e. The molecule has 1 amide bonds. The Morgan fingerprint density at radius 1 is 1.19 bits per heavy atom.